The number of ketones is 2. The van der Waals surface area contributed by atoms with Crippen molar-refractivity contribution in [2.75, 3.05) is 37.6 Å². The molecule has 484 valence electrons. The van der Waals surface area contributed by atoms with Gasteiger partial charge < -0.3 is 44.2 Å². The first kappa shape index (κ1) is 67.7. The molecule has 0 aliphatic carbocycles. The van der Waals surface area contributed by atoms with Gasteiger partial charge in [-0.1, -0.05) is 84.9 Å². The summed E-state index contributed by atoms with van der Waals surface area (Å²) in [6.45, 7) is 21.1. The third kappa shape index (κ3) is 16.2. The monoisotopic (exact) mass is 1290 g/mol. The van der Waals surface area contributed by atoms with Crippen molar-refractivity contribution in [2.45, 2.75) is 110 Å². The van der Waals surface area contributed by atoms with Gasteiger partial charge in [-0.15, -0.1) is 0 Å². The third-order valence-corrected chi connectivity index (χ3v) is 16.3. The topological polar surface area (TPSA) is 284 Å². The van der Waals surface area contributed by atoms with E-state index in [9.17, 15) is 40.8 Å². The van der Waals surface area contributed by atoms with Crippen LogP contribution in [0.5, 0.6) is 5.75 Å². The molecule has 0 bridgehead atoms. The predicted molar refractivity (Wildman–Crippen MR) is 347 cm³/mol. The molecule has 0 atom stereocenters. The van der Waals surface area contributed by atoms with Crippen molar-refractivity contribution in [3.8, 4) is 28.0 Å². The smallest absolute Gasteiger partial charge is 0.444 e. The first-order chi connectivity index (χ1) is 43.7. The molecule has 0 unspecified atom stereocenters. The summed E-state index contributed by atoms with van der Waals surface area (Å²) < 4.78 is 88.5. The van der Waals surface area contributed by atoms with Gasteiger partial charge in [0, 0.05) is 66.7 Å². The van der Waals surface area contributed by atoms with E-state index in [4.69, 9.17) is 30.2 Å². The van der Waals surface area contributed by atoms with E-state index in [-0.39, 0.29) is 71.6 Å². The van der Waals surface area contributed by atoms with Crippen LogP contribution in [-0.2, 0) is 41.7 Å². The van der Waals surface area contributed by atoms with Gasteiger partial charge in [0.05, 0.1) is 40.3 Å². The number of hydrogen-bond acceptors (Lipinski definition) is 19. The number of pyridine rings is 2. The highest BCUT2D eigenvalue weighted by atomic mass is 32.2. The normalized spacial score (nSPS) is 15.3. The van der Waals surface area contributed by atoms with Crippen molar-refractivity contribution < 1.29 is 63.7 Å². The van der Waals surface area contributed by atoms with Crippen LogP contribution in [0.1, 0.15) is 107 Å². The SMILES string of the molecule is CC(C)(C)OC(=O)N1CC=C(B2OC(C)(C)C(C)(C)O2)C1.CC(C)(C)OC(=O)N1CC=C(c2ccc(-c3ccc(C(=O)Cc4ccccn4)cc3)c3c(N)ncnc23)C1.Nc1ncnc2c(OS(=O)(=O)C(F)(F)F)ccc(-c3ccc(C(=O)Cc4ccccn4)cc3)c12. The van der Waals surface area contributed by atoms with Crippen molar-refractivity contribution in [3.05, 3.63) is 180 Å². The van der Waals surface area contributed by atoms with Gasteiger partial charge >= 0.3 is 34.9 Å². The Bertz CT molecular complexity index is 4280. The van der Waals surface area contributed by atoms with Crippen LogP contribution >= 0.6 is 0 Å². The van der Waals surface area contributed by atoms with E-state index in [2.05, 4.69) is 34.1 Å². The number of aromatic nitrogens is 6. The Morgan fingerprint density at radius 3 is 1.47 bits per heavy atom. The first-order valence-corrected chi connectivity index (χ1v) is 30.9. The molecular formula is C67H70BF3N10O11S. The van der Waals surface area contributed by atoms with Gasteiger partial charge in [-0.2, -0.15) is 21.6 Å². The van der Waals surface area contributed by atoms with Gasteiger partial charge in [0.25, 0.3) is 0 Å². The molecule has 21 nitrogen and oxygen atoms in total. The Morgan fingerprint density at radius 2 is 1.01 bits per heavy atom. The van der Waals surface area contributed by atoms with Crippen LogP contribution in [0.15, 0.2) is 152 Å². The van der Waals surface area contributed by atoms with E-state index in [1.165, 1.54) is 12.4 Å². The standard InChI is InChI=1S/C30H29N5O3.C22H15F3N4O4S.C15H26BNO4/c1-30(2,3)38-29(37)35-15-13-21(17-35)24-12-11-23(26-27(24)33-18-34-28(26)31)19-7-9-20(10-8-19)25(36)16-22-6-4-5-14-32-22;23-22(24,25)34(31,32)33-18-9-8-16(19-20(18)28-12-29-21(19)26)13-4-6-14(7-5-13)17(30)11-15-3-1-2-10-27-15;1-13(2,3)19-12(18)17-9-8-11(10-17)16-20-14(4,5)15(6,7)21-16/h4-14,18H,15-17H2,1-3H3,(H2,31,33,34);1-10,12H,11H2,(H2,26,28,29);8H,9-10H2,1-7H3. The predicted octanol–water partition coefficient (Wildman–Crippen LogP) is 12.1. The fourth-order valence-electron chi connectivity index (χ4n) is 9.98. The van der Waals surface area contributed by atoms with Crippen LogP contribution in [0.3, 0.4) is 0 Å². The average Bonchev–Trinajstić information content (AvgIpc) is 1.75. The summed E-state index contributed by atoms with van der Waals surface area (Å²) >= 11 is 0. The van der Waals surface area contributed by atoms with Crippen LogP contribution in [0.2, 0.25) is 0 Å². The zero-order valence-electron chi connectivity index (χ0n) is 52.9. The van der Waals surface area contributed by atoms with Crippen LogP contribution < -0.4 is 15.7 Å². The van der Waals surface area contributed by atoms with Gasteiger partial charge in [-0.05, 0) is 139 Å². The Morgan fingerprint density at radius 1 is 0.570 bits per heavy atom. The Hall–Kier alpha value is -9.66. The number of rotatable bonds is 12. The molecule has 8 aromatic rings. The zero-order valence-corrected chi connectivity index (χ0v) is 53.8. The Kier molecular flexibility index (Phi) is 19.6. The lowest BCUT2D eigenvalue weighted by Gasteiger charge is -2.32. The number of nitrogens with zero attached hydrogens (tertiary/aromatic N) is 8. The first-order valence-electron chi connectivity index (χ1n) is 29.5. The summed E-state index contributed by atoms with van der Waals surface area (Å²) in [7, 11) is -6.30. The number of nitrogen functional groups attached to an aromatic ring is 2. The van der Waals surface area contributed by atoms with Crippen LogP contribution in [0.4, 0.5) is 34.4 Å². The minimum absolute atomic E-state index is 0.000940. The second-order valence-electron chi connectivity index (χ2n) is 25.0. The second-order valence-corrected chi connectivity index (χ2v) is 26.6. The molecule has 0 saturated carbocycles. The summed E-state index contributed by atoms with van der Waals surface area (Å²) in [5, 5.41) is 0.833. The van der Waals surface area contributed by atoms with Crippen LogP contribution in [0, 0.1) is 0 Å². The van der Waals surface area contributed by atoms with E-state index in [1.807, 2.05) is 136 Å². The molecule has 26 heteroatoms. The summed E-state index contributed by atoms with van der Waals surface area (Å²) in [4.78, 5) is 78.1. The quantitative estimate of drug-likeness (QED) is 0.0497. The minimum Gasteiger partial charge on any atom is -0.444 e. The molecule has 1 fully saturated rings. The molecular weight excluding hydrogens is 1220 g/mol. The summed E-state index contributed by atoms with van der Waals surface area (Å²) in [5.74, 6) is -0.526. The summed E-state index contributed by atoms with van der Waals surface area (Å²) in [6.07, 6.45) is 9.42. The molecule has 3 aliphatic heterocycles. The molecule has 1 saturated heterocycles. The maximum atomic E-state index is 12.8. The average molecular weight is 1290 g/mol. The van der Waals surface area contributed by atoms with Gasteiger partial charge in [0.15, 0.2) is 17.3 Å². The minimum atomic E-state index is -5.92. The largest absolute Gasteiger partial charge is 0.534 e. The number of fused-ring (bicyclic) bond motifs is 2. The van der Waals surface area contributed by atoms with Crippen molar-refractivity contribution in [1.82, 2.24) is 39.7 Å². The van der Waals surface area contributed by atoms with Crippen molar-refractivity contribution in [2.24, 2.45) is 0 Å². The number of halogens is 3. The Balaban J connectivity index is 0.000000171. The molecule has 2 amide bonds. The fraction of sp³-hybridized carbons (Fsp3) is 0.313. The van der Waals surface area contributed by atoms with E-state index in [0.717, 1.165) is 51.2 Å². The molecule has 0 spiro atoms. The Labute approximate surface area is 536 Å². The van der Waals surface area contributed by atoms with Crippen molar-refractivity contribution in [1.29, 1.82) is 0 Å². The van der Waals surface area contributed by atoms with E-state index < -0.39 is 32.6 Å². The lowest BCUT2D eigenvalue weighted by Crippen LogP contribution is -2.41. The second kappa shape index (κ2) is 26.9. The molecule has 4 aromatic carbocycles. The van der Waals surface area contributed by atoms with E-state index in [0.29, 0.717) is 65.5 Å². The number of nitrogens with two attached hydrogens (primary N) is 2. The number of hydrogen-bond donors (Lipinski definition) is 2. The highest BCUT2D eigenvalue weighted by Crippen LogP contribution is 2.41. The number of carbonyl (C=O) groups is 4. The highest BCUT2D eigenvalue weighted by Gasteiger charge is 2.53. The highest BCUT2D eigenvalue weighted by molar-refractivity contribution is 7.88. The van der Waals surface area contributed by atoms with Crippen LogP contribution in [-0.4, -0.2) is 133 Å². The fourth-order valence-corrected chi connectivity index (χ4v) is 10.4. The summed E-state index contributed by atoms with van der Waals surface area (Å²) in [6, 6.07) is 31.1. The zero-order chi connectivity index (χ0) is 67.4. The van der Waals surface area contributed by atoms with E-state index >= 15 is 0 Å². The van der Waals surface area contributed by atoms with E-state index in [1.54, 1.807) is 64.7 Å². The number of ether oxygens (including phenoxy) is 2. The molecule has 4 aromatic heterocycles. The summed E-state index contributed by atoms with van der Waals surface area (Å²) in [5.41, 5.74) is 13.4. The third-order valence-electron chi connectivity index (χ3n) is 15.3. The molecule has 93 heavy (non-hydrogen) atoms. The lowest BCUT2D eigenvalue weighted by molar-refractivity contribution is -0.0499. The maximum absolute atomic E-state index is 12.8. The maximum Gasteiger partial charge on any atom is 0.534 e. The number of Topliss-reactive ketones (excluding diaryl/α,β-unsaturated/α-hetero) is 2. The van der Waals surface area contributed by atoms with Gasteiger partial charge in [0.2, 0.25) is 0 Å². The molecule has 7 heterocycles. The number of carbonyl (C=O) groups excluding carboxylic acids is 4. The van der Waals surface area contributed by atoms with Crippen molar-refractivity contribution >= 4 is 80.0 Å². The molecule has 3 aliphatic rings. The van der Waals surface area contributed by atoms with Gasteiger partial charge in [-0.25, -0.2) is 29.5 Å². The number of alkyl halides is 3. The van der Waals surface area contributed by atoms with Gasteiger partial charge in [-0.3, -0.25) is 19.6 Å². The number of benzene rings is 4. The lowest BCUT2D eigenvalue weighted by atomic mass is 9.79. The number of anilines is 2. The van der Waals surface area contributed by atoms with Gasteiger partial charge in [0.1, 0.15) is 41.0 Å². The molecule has 11 rings (SSSR count). The van der Waals surface area contributed by atoms with Crippen LogP contribution in [0.25, 0.3) is 49.6 Å². The molecule has 0 radical (unpaired) electrons. The molecule has 4 N–H and O–H groups in total. The van der Waals surface area contributed by atoms with Crippen molar-refractivity contribution in [3.63, 3.8) is 0 Å². The number of amides is 2.